The Morgan fingerprint density at radius 1 is 1.41 bits per heavy atom. The van der Waals surface area contributed by atoms with Gasteiger partial charge in [0.2, 0.25) is 5.91 Å². The summed E-state index contributed by atoms with van der Waals surface area (Å²) >= 11 is 5.91. The van der Waals surface area contributed by atoms with Crippen LogP contribution in [0.5, 0.6) is 0 Å². The lowest BCUT2D eigenvalue weighted by Crippen LogP contribution is -2.34. The van der Waals surface area contributed by atoms with Crippen molar-refractivity contribution in [1.82, 2.24) is 5.32 Å². The topological polar surface area (TPSA) is 55.4 Å². The van der Waals surface area contributed by atoms with Crippen molar-refractivity contribution >= 4 is 23.5 Å². The fourth-order valence-corrected chi connectivity index (χ4v) is 2.61. The molecular formula is C17H20ClNO3. The summed E-state index contributed by atoms with van der Waals surface area (Å²) in [7, 11) is 0. The summed E-state index contributed by atoms with van der Waals surface area (Å²) < 4.78 is 5.45. The van der Waals surface area contributed by atoms with Crippen molar-refractivity contribution in [3.8, 4) is 0 Å². The van der Waals surface area contributed by atoms with Gasteiger partial charge in [-0.05, 0) is 38.0 Å². The molecule has 0 radical (unpaired) electrons. The van der Waals surface area contributed by atoms with E-state index in [1.54, 1.807) is 19.1 Å². The molecule has 1 aliphatic rings. The molecule has 1 N–H and O–H groups in total. The number of carbonyl (C=O) groups is 2. The van der Waals surface area contributed by atoms with E-state index < -0.39 is 0 Å². The highest BCUT2D eigenvalue weighted by atomic mass is 35.5. The van der Waals surface area contributed by atoms with Crippen molar-refractivity contribution in [2.45, 2.75) is 45.6 Å². The molecule has 5 heteroatoms. The minimum Gasteiger partial charge on any atom is -0.459 e. The molecule has 1 amide bonds. The molecule has 1 aliphatic heterocycles. The zero-order chi connectivity index (χ0) is 16.3. The molecule has 0 unspecified atom stereocenters. The molecule has 0 saturated heterocycles. The van der Waals surface area contributed by atoms with E-state index in [9.17, 15) is 9.59 Å². The second-order valence-corrected chi connectivity index (χ2v) is 5.96. The number of halogens is 1. The number of hydrogen-bond acceptors (Lipinski definition) is 3. The molecule has 2 atom stereocenters. The maximum absolute atomic E-state index is 12.5. The lowest BCUT2D eigenvalue weighted by atomic mass is 9.84. The third-order valence-corrected chi connectivity index (χ3v) is 4.10. The van der Waals surface area contributed by atoms with Gasteiger partial charge in [0.1, 0.15) is 0 Å². The van der Waals surface area contributed by atoms with Gasteiger partial charge in [0.05, 0.1) is 11.7 Å². The van der Waals surface area contributed by atoms with Crippen LogP contribution in [0.1, 0.15) is 45.1 Å². The molecule has 118 valence electrons. The third-order valence-electron chi connectivity index (χ3n) is 3.84. The van der Waals surface area contributed by atoms with Crippen LogP contribution >= 0.6 is 11.6 Å². The molecule has 0 spiro atoms. The van der Waals surface area contributed by atoms with Crippen LogP contribution in [-0.2, 0) is 14.3 Å². The minimum atomic E-state index is -0.369. The van der Waals surface area contributed by atoms with E-state index in [1.165, 1.54) is 0 Å². The Morgan fingerprint density at radius 2 is 2.05 bits per heavy atom. The molecule has 22 heavy (non-hydrogen) atoms. The lowest BCUT2D eigenvalue weighted by Gasteiger charge is -2.27. The van der Waals surface area contributed by atoms with E-state index in [4.69, 9.17) is 16.3 Å². The lowest BCUT2D eigenvalue weighted by molar-refractivity contribution is -0.144. The average molecular weight is 322 g/mol. The summed E-state index contributed by atoms with van der Waals surface area (Å²) in [5.74, 6) is -0.771. The summed E-state index contributed by atoms with van der Waals surface area (Å²) in [5.41, 5.74) is 1.96. The van der Waals surface area contributed by atoms with Crippen molar-refractivity contribution < 1.29 is 14.3 Å². The van der Waals surface area contributed by atoms with Crippen molar-refractivity contribution in [2.75, 3.05) is 0 Å². The number of allylic oxidation sites excluding steroid dienone is 1. The van der Waals surface area contributed by atoms with E-state index in [2.05, 4.69) is 5.32 Å². The van der Waals surface area contributed by atoms with Gasteiger partial charge in [0.15, 0.2) is 0 Å². The number of hydrogen-bond donors (Lipinski definition) is 1. The normalized spacial score (nSPS) is 19.6. The van der Waals surface area contributed by atoms with Crippen molar-refractivity contribution in [3.05, 3.63) is 46.1 Å². The Morgan fingerprint density at radius 3 is 2.64 bits per heavy atom. The number of benzene rings is 1. The fraction of sp³-hybridized carbons (Fsp3) is 0.412. The molecule has 0 aliphatic carbocycles. The smallest absolute Gasteiger partial charge is 0.336 e. The molecule has 4 nitrogen and oxygen atoms in total. The van der Waals surface area contributed by atoms with Gasteiger partial charge in [-0.1, -0.05) is 30.7 Å². The van der Waals surface area contributed by atoms with Gasteiger partial charge in [-0.2, -0.15) is 0 Å². The summed E-state index contributed by atoms with van der Waals surface area (Å²) in [6.45, 7) is 5.54. The molecule has 1 aromatic carbocycles. The molecule has 2 rings (SSSR count). The molecule has 0 fully saturated rings. The van der Waals surface area contributed by atoms with E-state index in [0.29, 0.717) is 16.3 Å². The van der Waals surface area contributed by atoms with Crippen LogP contribution in [0.4, 0.5) is 0 Å². The highest BCUT2D eigenvalue weighted by Crippen LogP contribution is 2.34. The Labute approximate surface area is 135 Å². The number of esters is 1. The van der Waals surface area contributed by atoms with Crippen molar-refractivity contribution in [3.63, 3.8) is 0 Å². The first kappa shape index (κ1) is 16.6. The first-order chi connectivity index (χ1) is 10.4. The molecule has 0 bridgehead atoms. The van der Waals surface area contributed by atoms with E-state index >= 15 is 0 Å². The van der Waals surface area contributed by atoms with Crippen LogP contribution in [0.25, 0.3) is 0 Å². The summed E-state index contributed by atoms with van der Waals surface area (Å²) in [4.78, 5) is 24.3. The number of amides is 1. The summed E-state index contributed by atoms with van der Waals surface area (Å²) in [6.07, 6.45) is 0.816. The highest BCUT2D eigenvalue weighted by molar-refractivity contribution is 6.30. The molecule has 1 aromatic rings. The third kappa shape index (κ3) is 3.69. The van der Waals surface area contributed by atoms with Gasteiger partial charge in [-0.3, -0.25) is 4.79 Å². The predicted octanol–water partition coefficient (Wildman–Crippen LogP) is 3.56. The Kier molecular flexibility index (Phi) is 5.24. The van der Waals surface area contributed by atoms with Crippen molar-refractivity contribution in [1.29, 1.82) is 0 Å². The van der Waals surface area contributed by atoms with Gasteiger partial charge in [-0.25, -0.2) is 4.79 Å². The van der Waals surface area contributed by atoms with Crippen LogP contribution in [-0.4, -0.2) is 18.0 Å². The number of rotatable bonds is 4. The predicted molar refractivity (Wildman–Crippen MR) is 85.5 cm³/mol. The Hall–Kier alpha value is -1.81. The van der Waals surface area contributed by atoms with Gasteiger partial charge >= 0.3 is 5.97 Å². The Balaban J connectivity index is 2.36. The van der Waals surface area contributed by atoms with Crippen LogP contribution in [0.15, 0.2) is 35.5 Å². The average Bonchev–Trinajstić information content (AvgIpc) is 2.46. The SMILES string of the molecule is CC[C@H](C)OC(=O)C1=C(C)NC(=O)C[C@@H]1c1ccc(Cl)cc1. The van der Waals surface area contributed by atoms with E-state index in [1.807, 2.05) is 26.0 Å². The zero-order valence-corrected chi connectivity index (χ0v) is 13.7. The Bertz CT molecular complexity index is 607. The first-order valence-electron chi connectivity index (χ1n) is 7.39. The highest BCUT2D eigenvalue weighted by Gasteiger charge is 2.33. The second-order valence-electron chi connectivity index (χ2n) is 5.52. The zero-order valence-electron chi connectivity index (χ0n) is 13.0. The first-order valence-corrected chi connectivity index (χ1v) is 7.77. The van der Waals surface area contributed by atoms with Crippen LogP contribution in [0.2, 0.25) is 5.02 Å². The van der Waals surface area contributed by atoms with Gasteiger partial charge in [0, 0.05) is 23.1 Å². The molecular weight excluding hydrogens is 302 g/mol. The van der Waals surface area contributed by atoms with Crippen molar-refractivity contribution in [2.24, 2.45) is 0 Å². The van der Waals surface area contributed by atoms with Gasteiger partial charge in [-0.15, -0.1) is 0 Å². The quantitative estimate of drug-likeness (QED) is 0.863. The number of nitrogens with one attached hydrogen (secondary N) is 1. The van der Waals surface area contributed by atoms with Gasteiger partial charge in [0.25, 0.3) is 0 Å². The summed E-state index contributed by atoms with van der Waals surface area (Å²) in [5, 5.41) is 3.35. The largest absolute Gasteiger partial charge is 0.459 e. The van der Waals surface area contributed by atoms with E-state index in [-0.39, 0.29) is 30.3 Å². The molecule has 0 aromatic heterocycles. The van der Waals surface area contributed by atoms with Gasteiger partial charge < -0.3 is 10.1 Å². The second kappa shape index (κ2) is 6.97. The summed E-state index contributed by atoms with van der Waals surface area (Å²) in [6, 6.07) is 7.21. The fourth-order valence-electron chi connectivity index (χ4n) is 2.48. The van der Waals surface area contributed by atoms with Crippen LogP contribution < -0.4 is 5.32 Å². The maximum Gasteiger partial charge on any atom is 0.336 e. The van der Waals surface area contributed by atoms with Crippen LogP contribution in [0.3, 0.4) is 0 Å². The minimum absolute atomic E-state index is 0.0995. The number of carbonyl (C=O) groups excluding carboxylic acids is 2. The standard InChI is InChI=1S/C17H20ClNO3/c1-4-10(2)22-17(21)16-11(3)19-15(20)9-14(16)12-5-7-13(18)8-6-12/h5-8,10,14H,4,9H2,1-3H3,(H,19,20)/t10-,14+/m0/s1. The monoisotopic (exact) mass is 321 g/mol. The van der Waals surface area contributed by atoms with Crippen LogP contribution in [0, 0.1) is 0 Å². The molecule has 1 heterocycles. The van der Waals surface area contributed by atoms with E-state index in [0.717, 1.165) is 12.0 Å². The molecule has 0 saturated carbocycles. The maximum atomic E-state index is 12.5. The number of ether oxygens (including phenoxy) is 1.